The summed E-state index contributed by atoms with van der Waals surface area (Å²) >= 11 is 0. The molecular weight excluding hydrogens is 136 g/mol. The zero-order valence-corrected chi connectivity index (χ0v) is 7.19. The zero-order chi connectivity index (χ0) is 7.94. The fraction of sp³-hybridized carbons (Fsp3) is 0.778. The predicted molar refractivity (Wildman–Crippen MR) is 47.4 cm³/mol. The first-order chi connectivity index (χ1) is 5.43. The van der Waals surface area contributed by atoms with E-state index < -0.39 is 0 Å². The van der Waals surface area contributed by atoms with Gasteiger partial charge in [0.1, 0.15) is 0 Å². The van der Waals surface area contributed by atoms with Crippen LogP contribution in [-0.4, -0.2) is 37.6 Å². The summed E-state index contributed by atoms with van der Waals surface area (Å²) in [7, 11) is 0. The van der Waals surface area contributed by atoms with E-state index in [2.05, 4.69) is 22.1 Å². The van der Waals surface area contributed by atoms with E-state index in [1.807, 2.05) is 6.92 Å². The molecule has 1 N–H and O–H groups in total. The number of hydrogen-bond donors (Lipinski definition) is 1. The van der Waals surface area contributed by atoms with Crippen LogP contribution in [0.1, 0.15) is 13.3 Å². The summed E-state index contributed by atoms with van der Waals surface area (Å²) in [5.41, 5.74) is 0. The summed E-state index contributed by atoms with van der Waals surface area (Å²) < 4.78 is 0. The first kappa shape index (κ1) is 8.58. The van der Waals surface area contributed by atoms with Gasteiger partial charge >= 0.3 is 0 Å². The van der Waals surface area contributed by atoms with Gasteiger partial charge in [0.2, 0.25) is 0 Å². The van der Waals surface area contributed by atoms with Gasteiger partial charge in [-0.2, -0.15) is 0 Å². The van der Waals surface area contributed by atoms with Crippen molar-refractivity contribution in [2.75, 3.05) is 32.7 Å². The van der Waals surface area contributed by atoms with Gasteiger partial charge in [-0.3, -0.25) is 4.90 Å². The first-order valence-corrected chi connectivity index (χ1v) is 4.26. The molecule has 0 spiro atoms. The second-order valence-corrected chi connectivity index (χ2v) is 2.81. The topological polar surface area (TPSA) is 15.3 Å². The van der Waals surface area contributed by atoms with Crippen molar-refractivity contribution in [2.24, 2.45) is 0 Å². The minimum absolute atomic E-state index is 0.943. The van der Waals surface area contributed by atoms with Crippen LogP contribution in [0.5, 0.6) is 0 Å². The molecule has 0 radical (unpaired) electrons. The highest BCUT2D eigenvalue weighted by Crippen LogP contribution is 1.92. The molecule has 1 aliphatic heterocycles. The van der Waals surface area contributed by atoms with E-state index in [-0.39, 0.29) is 0 Å². The highest BCUT2D eigenvalue weighted by atomic mass is 15.1. The lowest BCUT2D eigenvalue weighted by atomic mass is 10.4. The van der Waals surface area contributed by atoms with Gasteiger partial charge in [-0.1, -0.05) is 5.92 Å². The van der Waals surface area contributed by atoms with Crippen molar-refractivity contribution in [3.05, 3.63) is 0 Å². The summed E-state index contributed by atoms with van der Waals surface area (Å²) in [6.07, 6.45) is 1.26. The van der Waals surface area contributed by atoms with Crippen LogP contribution in [0.25, 0.3) is 0 Å². The molecule has 1 saturated heterocycles. The van der Waals surface area contributed by atoms with Crippen LogP contribution < -0.4 is 5.32 Å². The van der Waals surface area contributed by atoms with Crippen LogP contribution >= 0.6 is 0 Å². The van der Waals surface area contributed by atoms with Gasteiger partial charge in [-0.05, 0) is 19.9 Å². The van der Waals surface area contributed by atoms with Crippen molar-refractivity contribution in [1.82, 2.24) is 10.2 Å². The molecule has 0 amide bonds. The zero-order valence-electron chi connectivity index (χ0n) is 7.19. The largest absolute Gasteiger partial charge is 0.315 e. The van der Waals surface area contributed by atoms with Crippen LogP contribution in [0.3, 0.4) is 0 Å². The molecule has 0 saturated carbocycles. The Morgan fingerprint density at radius 2 is 2.27 bits per heavy atom. The summed E-state index contributed by atoms with van der Waals surface area (Å²) in [6.45, 7) is 7.46. The molecule has 0 aromatic rings. The molecule has 0 bridgehead atoms. The van der Waals surface area contributed by atoms with Crippen molar-refractivity contribution < 1.29 is 0 Å². The van der Waals surface area contributed by atoms with Crippen LogP contribution in [0.4, 0.5) is 0 Å². The van der Waals surface area contributed by atoms with E-state index in [1.165, 1.54) is 13.0 Å². The molecule has 0 aromatic carbocycles. The van der Waals surface area contributed by atoms with Crippen LogP contribution in [0, 0.1) is 11.8 Å². The van der Waals surface area contributed by atoms with Crippen molar-refractivity contribution in [1.29, 1.82) is 0 Å². The Morgan fingerprint density at radius 1 is 1.36 bits per heavy atom. The van der Waals surface area contributed by atoms with Gasteiger partial charge in [-0.15, -0.1) is 5.92 Å². The normalized spacial score (nSPS) is 20.1. The molecule has 0 aliphatic carbocycles. The average Bonchev–Trinajstić information content (AvgIpc) is 2.28. The van der Waals surface area contributed by atoms with Crippen LogP contribution in [0.15, 0.2) is 0 Å². The average molecular weight is 152 g/mol. The van der Waals surface area contributed by atoms with Gasteiger partial charge in [0.05, 0.1) is 6.54 Å². The standard InChI is InChI=1S/C9H16N2/c1-2-3-7-11-8-4-5-10-6-9-11/h10H,4-9H2,1H3. The Morgan fingerprint density at radius 3 is 3.09 bits per heavy atom. The third-order valence-corrected chi connectivity index (χ3v) is 1.91. The number of nitrogens with one attached hydrogen (secondary N) is 1. The summed E-state index contributed by atoms with van der Waals surface area (Å²) in [5, 5.41) is 3.36. The second kappa shape index (κ2) is 5.17. The molecule has 1 fully saturated rings. The van der Waals surface area contributed by atoms with Crippen LogP contribution in [0.2, 0.25) is 0 Å². The Hall–Kier alpha value is -0.520. The lowest BCUT2D eigenvalue weighted by molar-refractivity contribution is 0.329. The van der Waals surface area contributed by atoms with E-state index in [1.54, 1.807) is 0 Å². The second-order valence-electron chi connectivity index (χ2n) is 2.81. The smallest absolute Gasteiger partial charge is 0.0601 e. The van der Waals surface area contributed by atoms with E-state index in [9.17, 15) is 0 Å². The lowest BCUT2D eigenvalue weighted by Gasteiger charge is -2.14. The molecule has 62 valence electrons. The summed E-state index contributed by atoms with van der Waals surface area (Å²) in [5.74, 6) is 6.02. The van der Waals surface area contributed by atoms with Crippen molar-refractivity contribution in [3.63, 3.8) is 0 Å². The van der Waals surface area contributed by atoms with E-state index >= 15 is 0 Å². The van der Waals surface area contributed by atoms with E-state index in [4.69, 9.17) is 0 Å². The Balaban J connectivity index is 2.23. The molecule has 0 atom stereocenters. The van der Waals surface area contributed by atoms with Gasteiger partial charge in [0.15, 0.2) is 0 Å². The molecule has 2 heteroatoms. The SMILES string of the molecule is CC#CCN1CCCNCC1. The van der Waals surface area contributed by atoms with Crippen molar-refractivity contribution in [3.8, 4) is 11.8 Å². The molecule has 0 unspecified atom stereocenters. The van der Waals surface area contributed by atoms with E-state index in [0.717, 1.165) is 26.2 Å². The highest BCUT2D eigenvalue weighted by molar-refractivity contribution is 4.97. The minimum atomic E-state index is 0.943. The molecule has 11 heavy (non-hydrogen) atoms. The highest BCUT2D eigenvalue weighted by Gasteiger charge is 2.05. The molecule has 1 heterocycles. The Kier molecular flexibility index (Phi) is 4.03. The fourth-order valence-corrected chi connectivity index (χ4v) is 1.25. The third-order valence-electron chi connectivity index (χ3n) is 1.91. The number of hydrogen-bond acceptors (Lipinski definition) is 2. The van der Waals surface area contributed by atoms with Crippen LogP contribution in [-0.2, 0) is 0 Å². The third kappa shape index (κ3) is 3.41. The number of rotatable bonds is 1. The quantitative estimate of drug-likeness (QED) is 0.544. The Labute approximate surface area is 69.0 Å². The molecule has 1 rings (SSSR count). The summed E-state index contributed by atoms with van der Waals surface area (Å²) in [4.78, 5) is 2.40. The monoisotopic (exact) mass is 152 g/mol. The van der Waals surface area contributed by atoms with Gasteiger partial charge < -0.3 is 5.32 Å². The summed E-state index contributed by atoms with van der Waals surface area (Å²) in [6, 6.07) is 0. The first-order valence-electron chi connectivity index (χ1n) is 4.26. The molecule has 1 aliphatic rings. The predicted octanol–water partition coefficient (Wildman–Crippen LogP) is 0.305. The van der Waals surface area contributed by atoms with Gasteiger partial charge in [0.25, 0.3) is 0 Å². The number of nitrogens with zero attached hydrogens (tertiary/aromatic N) is 1. The Bertz CT molecular complexity index is 147. The van der Waals surface area contributed by atoms with Crippen molar-refractivity contribution >= 4 is 0 Å². The van der Waals surface area contributed by atoms with Gasteiger partial charge in [0, 0.05) is 19.6 Å². The maximum absolute atomic E-state index is 3.36. The van der Waals surface area contributed by atoms with Crippen molar-refractivity contribution in [2.45, 2.75) is 13.3 Å². The maximum atomic E-state index is 3.36. The molecule has 0 aromatic heterocycles. The minimum Gasteiger partial charge on any atom is -0.315 e. The lowest BCUT2D eigenvalue weighted by Crippen LogP contribution is -2.28. The van der Waals surface area contributed by atoms with E-state index in [0.29, 0.717) is 0 Å². The maximum Gasteiger partial charge on any atom is 0.0601 e. The van der Waals surface area contributed by atoms with Gasteiger partial charge in [-0.25, -0.2) is 0 Å². The molecule has 2 nitrogen and oxygen atoms in total. The molecular formula is C9H16N2. The fourth-order valence-electron chi connectivity index (χ4n) is 1.25.